The van der Waals surface area contributed by atoms with E-state index in [0.717, 1.165) is 96.9 Å². The minimum absolute atomic E-state index is 0.0684. The first-order valence-corrected chi connectivity index (χ1v) is 16.3. The molecule has 1 saturated heterocycles. The zero-order chi connectivity index (χ0) is 31.7. The molecule has 0 saturated carbocycles. The van der Waals surface area contributed by atoms with Crippen LogP contribution in [0.4, 0.5) is 33.6 Å². The van der Waals surface area contributed by atoms with Crippen LogP contribution in [0, 0.1) is 5.92 Å². The van der Waals surface area contributed by atoms with Gasteiger partial charge in [-0.3, -0.25) is 4.98 Å². The van der Waals surface area contributed by atoms with E-state index in [9.17, 15) is 4.79 Å². The monoisotopic (exact) mass is 639 g/mol. The zero-order valence-corrected chi connectivity index (χ0v) is 26.9. The molecule has 7 rings (SSSR count). The Hall–Kier alpha value is -4.57. The van der Waals surface area contributed by atoms with Gasteiger partial charge in [0.1, 0.15) is 22.1 Å². The van der Waals surface area contributed by atoms with Gasteiger partial charge in [-0.25, -0.2) is 9.78 Å². The molecule has 3 aliphatic rings. The van der Waals surface area contributed by atoms with Crippen molar-refractivity contribution in [3.05, 3.63) is 82.8 Å². The second kappa shape index (κ2) is 12.7. The molecule has 2 aromatic heterocycles. The van der Waals surface area contributed by atoms with E-state index in [4.69, 9.17) is 21.1 Å². The molecule has 3 aliphatic heterocycles. The number of hydrogen-bond acceptors (Lipinski definition) is 8. The molecule has 2 aromatic carbocycles. The molecular weight excluding hydrogens is 602 g/mol. The average Bonchev–Trinajstić information content (AvgIpc) is 3.37. The number of carbonyl (C=O) groups is 1. The van der Waals surface area contributed by atoms with Crippen molar-refractivity contribution in [3.8, 4) is 11.5 Å². The van der Waals surface area contributed by atoms with Gasteiger partial charge in [-0.1, -0.05) is 23.7 Å². The van der Waals surface area contributed by atoms with Gasteiger partial charge >= 0.3 is 6.03 Å². The lowest BCUT2D eigenvalue weighted by Gasteiger charge is -2.32. The van der Waals surface area contributed by atoms with Gasteiger partial charge in [-0.05, 0) is 93.3 Å². The topological polar surface area (TPSA) is 114 Å². The molecule has 3 N–H and O–H groups in total. The predicted molar refractivity (Wildman–Crippen MR) is 180 cm³/mol. The van der Waals surface area contributed by atoms with Gasteiger partial charge in [-0.15, -0.1) is 0 Å². The quantitative estimate of drug-likeness (QED) is 0.205. The number of fused-ring (bicyclic) bond motifs is 7. The summed E-state index contributed by atoms with van der Waals surface area (Å²) in [6, 6.07) is 14.1. The van der Waals surface area contributed by atoms with Gasteiger partial charge in [0.2, 0.25) is 5.95 Å². The van der Waals surface area contributed by atoms with Gasteiger partial charge in [0.25, 0.3) is 0 Å². The third-order valence-corrected chi connectivity index (χ3v) is 9.10. The Morgan fingerprint density at radius 1 is 1.07 bits per heavy atom. The van der Waals surface area contributed by atoms with Crippen molar-refractivity contribution in [1.82, 2.24) is 19.9 Å². The highest BCUT2D eigenvalue weighted by molar-refractivity contribution is 6.32. The van der Waals surface area contributed by atoms with Crippen molar-refractivity contribution in [2.24, 2.45) is 5.92 Å². The fraction of sp³-hybridized carbons (Fsp3) is 0.371. The summed E-state index contributed by atoms with van der Waals surface area (Å²) in [5.41, 5.74) is 5.52. The average molecular weight is 640 g/mol. The van der Waals surface area contributed by atoms with Gasteiger partial charge in [0.05, 0.1) is 30.4 Å². The molecule has 6 bridgehead atoms. The highest BCUT2D eigenvalue weighted by Gasteiger charge is 2.32. The third-order valence-electron chi connectivity index (χ3n) is 8.82. The molecule has 0 radical (unpaired) electrons. The first-order chi connectivity index (χ1) is 22.3. The Bertz CT molecular complexity index is 1760. The smallest absolute Gasteiger partial charge is 0.321 e. The van der Waals surface area contributed by atoms with Gasteiger partial charge in [0.15, 0.2) is 5.82 Å². The lowest BCUT2D eigenvalue weighted by Crippen LogP contribution is -2.41. The summed E-state index contributed by atoms with van der Waals surface area (Å²) >= 11 is 6.42. The summed E-state index contributed by atoms with van der Waals surface area (Å²) in [5.74, 6) is 3.12. The zero-order valence-electron chi connectivity index (χ0n) is 26.1. The SMILES string of the molecule is CC1(C)Cc2cccc(NC(=O)N3CCC(CCOc4ccc5cc4CCc4cncc(c4)Nc4ncc(Cl)c(n4)N5)CC3)c2O1. The van der Waals surface area contributed by atoms with Crippen molar-refractivity contribution >= 4 is 46.5 Å². The van der Waals surface area contributed by atoms with Crippen LogP contribution in [-0.4, -0.2) is 51.2 Å². The van der Waals surface area contributed by atoms with Crippen LogP contribution in [0.1, 0.15) is 49.8 Å². The number of urea groups is 1. The van der Waals surface area contributed by atoms with E-state index in [1.165, 1.54) is 0 Å². The largest absolute Gasteiger partial charge is 0.493 e. The Balaban J connectivity index is 0.957. The molecular formula is C35H38ClN7O3. The van der Waals surface area contributed by atoms with Crippen LogP contribution >= 0.6 is 11.6 Å². The number of nitrogens with one attached hydrogen (secondary N) is 3. The van der Waals surface area contributed by atoms with E-state index in [1.807, 2.05) is 35.4 Å². The van der Waals surface area contributed by atoms with E-state index in [-0.39, 0.29) is 11.6 Å². The number of aromatic nitrogens is 3. The summed E-state index contributed by atoms with van der Waals surface area (Å²) in [5, 5.41) is 10.1. The second-order valence-corrected chi connectivity index (χ2v) is 13.3. The number of benzene rings is 2. The number of anilines is 5. The highest BCUT2D eigenvalue weighted by atomic mass is 35.5. The molecule has 238 valence electrons. The number of pyridine rings is 1. The predicted octanol–water partition coefficient (Wildman–Crippen LogP) is 7.54. The lowest BCUT2D eigenvalue weighted by molar-refractivity contribution is 0.139. The van der Waals surface area contributed by atoms with E-state index in [2.05, 4.69) is 62.9 Å². The maximum Gasteiger partial charge on any atom is 0.321 e. The molecule has 0 spiro atoms. The number of ether oxygens (including phenoxy) is 2. The highest BCUT2D eigenvalue weighted by Crippen LogP contribution is 2.40. The summed E-state index contributed by atoms with van der Waals surface area (Å²) in [6.45, 7) is 6.20. The van der Waals surface area contributed by atoms with Crippen molar-refractivity contribution in [1.29, 1.82) is 0 Å². The van der Waals surface area contributed by atoms with Crippen molar-refractivity contribution < 1.29 is 14.3 Å². The van der Waals surface area contributed by atoms with Crippen LogP contribution in [0.2, 0.25) is 5.02 Å². The Labute approximate surface area is 273 Å². The maximum absolute atomic E-state index is 13.1. The third kappa shape index (κ3) is 6.82. The molecule has 5 heterocycles. The van der Waals surface area contributed by atoms with Crippen LogP contribution in [0.25, 0.3) is 0 Å². The molecule has 2 amide bonds. The number of amides is 2. The number of para-hydroxylation sites is 1. The van der Waals surface area contributed by atoms with Crippen molar-refractivity contribution in [2.45, 2.75) is 58.0 Å². The first kappa shape index (κ1) is 30.1. The Morgan fingerprint density at radius 2 is 1.93 bits per heavy atom. The van der Waals surface area contributed by atoms with Gasteiger partial charge in [-0.2, -0.15) is 4.98 Å². The minimum atomic E-state index is -0.257. The first-order valence-electron chi connectivity index (χ1n) is 15.9. The summed E-state index contributed by atoms with van der Waals surface area (Å²) in [7, 11) is 0. The van der Waals surface area contributed by atoms with Crippen LogP contribution in [0.15, 0.2) is 61.1 Å². The Kier molecular flexibility index (Phi) is 8.29. The summed E-state index contributed by atoms with van der Waals surface area (Å²) < 4.78 is 12.5. The Morgan fingerprint density at radius 3 is 2.80 bits per heavy atom. The second-order valence-electron chi connectivity index (χ2n) is 12.9. The van der Waals surface area contributed by atoms with Crippen molar-refractivity contribution in [3.63, 3.8) is 0 Å². The number of carbonyl (C=O) groups excluding carboxylic acids is 1. The molecule has 11 heteroatoms. The minimum Gasteiger partial charge on any atom is -0.493 e. The molecule has 1 fully saturated rings. The standard InChI is InChI=1S/C35H38ClN7O3/c1-35(2)18-25-4-3-5-29(31(25)46-35)41-34(44)43-13-10-22(11-14-43)12-15-45-30-9-8-26-17-24(30)7-6-23-16-27(20-37-19-23)40-33-38-21-28(36)32(39-26)42-33/h3-5,8-9,16-17,19-22H,6-7,10-15,18H2,1-2H3,(H,41,44)(H2,38,39,40,42). The van der Waals surface area contributed by atoms with Crippen LogP contribution < -0.4 is 25.4 Å². The molecule has 10 nitrogen and oxygen atoms in total. The lowest BCUT2D eigenvalue weighted by atomic mass is 9.94. The number of halogens is 1. The number of piperidine rings is 1. The van der Waals surface area contributed by atoms with E-state index >= 15 is 0 Å². The van der Waals surface area contributed by atoms with E-state index in [1.54, 1.807) is 12.4 Å². The van der Waals surface area contributed by atoms with Crippen LogP contribution in [0.5, 0.6) is 11.5 Å². The summed E-state index contributed by atoms with van der Waals surface area (Å²) in [6.07, 6.45) is 10.5. The number of rotatable bonds is 5. The number of hydrogen-bond donors (Lipinski definition) is 3. The van der Waals surface area contributed by atoms with Crippen molar-refractivity contribution in [2.75, 3.05) is 35.6 Å². The molecule has 0 atom stereocenters. The molecule has 0 aliphatic carbocycles. The molecule has 4 aromatic rings. The maximum atomic E-state index is 13.1. The number of nitrogens with zero attached hydrogens (tertiary/aromatic N) is 4. The fourth-order valence-electron chi connectivity index (χ4n) is 6.41. The normalized spacial score (nSPS) is 16.8. The van der Waals surface area contributed by atoms with E-state index < -0.39 is 0 Å². The number of aryl methyl sites for hydroxylation is 2. The van der Waals surface area contributed by atoms with E-state index in [0.29, 0.717) is 29.3 Å². The van der Waals surface area contributed by atoms with Crippen LogP contribution in [0.3, 0.4) is 0 Å². The molecule has 46 heavy (non-hydrogen) atoms. The molecule has 0 unspecified atom stereocenters. The van der Waals surface area contributed by atoms with Crippen LogP contribution in [-0.2, 0) is 19.3 Å². The fourth-order valence-corrected chi connectivity index (χ4v) is 6.55. The number of likely N-dealkylation sites (tertiary alicyclic amines) is 1. The van der Waals surface area contributed by atoms with Gasteiger partial charge < -0.3 is 30.3 Å². The summed E-state index contributed by atoms with van der Waals surface area (Å²) in [4.78, 5) is 28.3. The van der Waals surface area contributed by atoms with Gasteiger partial charge in [0, 0.05) is 37.0 Å².